The topological polar surface area (TPSA) is 102 Å². The standard InChI is InChI=1S/C54H87NO7/c1-6-8-10-12-14-16-18-20-22-23-24-25-26-27-28-29-31-32-34-36-38-40-42-44-52(56)61-49-50(48-60-47-46-51(54(58)59)55(3,4)5)62-53(57)45-43-41-39-37-35-33-30-21-19-17-15-13-11-9-7-2/h8,10,14-17,19-22,24-25,27-28,31-32,36,38,50-51H,6-7,9,11-13,18,23,26,29-30,33-35,37,39-49H2,1-5H3/b10-8+,16-14+,17-15+,21-19+,22-20+,25-24+,28-27+,32-31+,38-36+. The summed E-state index contributed by atoms with van der Waals surface area (Å²) < 4.78 is 17.1. The van der Waals surface area contributed by atoms with Crippen molar-refractivity contribution >= 4 is 17.9 Å². The zero-order valence-electron chi connectivity index (χ0n) is 39.7. The molecule has 62 heavy (non-hydrogen) atoms. The highest BCUT2D eigenvalue weighted by Gasteiger charge is 2.25. The lowest BCUT2D eigenvalue weighted by atomic mass is 10.1. The Labute approximate surface area is 378 Å². The van der Waals surface area contributed by atoms with Gasteiger partial charge in [-0.25, -0.2) is 0 Å². The highest BCUT2D eigenvalue weighted by molar-refractivity contribution is 5.70. The van der Waals surface area contributed by atoms with Crippen molar-refractivity contribution in [3.05, 3.63) is 109 Å². The number of likely N-dealkylation sites (N-methyl/N-ethyl adjacent to an activating group) is 1. The van der Waals surface area contributed by atoms with Gasteiger partial charge in [-0.15, -0.1) is 0 Å². The normalized spacial score (nSPS) is 13.9. The second kappa shape index (κ2) is 43.6. The van der Waals surface area contributed by atoms with Gasteiger partial charge < -0.3 is 28.6 Å². The summed E-state index contributed by atoms with van der Waals surface area (Å²) in [5.74, 6) is -1.84. The SMILES string of the molecule is CC/C=C/C/C=C/C/C=C/C/C=C/C/C=C/C/C=C/C/C=C/CCCC(=O)OCC(COCCC(C(=O)[O-])[N+](C)(C)C)OC(=O)CCCCCCCC/C=C/C=C/CCCCC. The van der Waals surface area contributed by atoms with Crippen molar-refractivity contribution < 1.29 is 38.2 Å². The Kier molecular flexibility index (Phi) is 40.8. The number of quaternary nitrogens is 1. The molecule has 0 aliphatic heterocycles. The molecule has 0 heterocycles. The number of allylic oxidation sites excluding steroid dienone is 18. The zero-order valence-corrected chi connectivity index (χ0v) is 39.7. The van der Waals surface area contributed by atoms with Gasteiger partial charge >= 0.3 is 11.9 Å². The van der Waals surface area contributed by atoms with Crippen LogP contribution in [0.3, 0.4) is 0 Å². The summed E-state index contributed by atoms with van der Waals surface area (Å²) in [4.78, 5) is 36.9. The van der Waals surface area contributed by atoms with E-state index in [1.54, 1.807) is 21.1 Å². The van der Waals surface area contributed by atoms with Crippen molar-refractivity contribution in [2.45, 2.75) is 174 Å². The van der Waals surface area contributed by atoms with E-state index in [2.05, 4.69) is 123 Å². The van der Waals surface area contributed by atoms with Gasteiger partial charge in [0.2, 0.25) is 0 Å². The number of nitrogens with zero attached hydrogens (tertiary/aromatic N) is 1. The summed E-state index contributed by atoms with van der Waals surface area (Å²) in [6.45, 7) is 4.42. The summed E-state index contributed by atoms with van der Waals surface area (Å²) in [6, 6.07) is -0.743. The maximum absolute atomic E-state index is 12.7. The maximum atomic E-state index is 12.7. The van der Waals surface area contributed by atoms with E-state index >= 15 is 0 Å². The van der Waals surface area contributed by atoms with Crippen LogP contribution in [-0.2, 0) is 28.6 Å². The van der Waals surface area contributed by atoms with Gasteiger partial charge in [0.15, 0.2) is 6.10 Å². The second-order valence-electron chi connectivity index (χ2n) is 16.6. The number of carboxylic acids is 1. The molecule has 2 atom stereocenters. The molecule has 0 aromatic rings. The van der Waals surface area contributed by atoms with Gasteiger partial charge in [-0.3, -0.25) is 9.59 Å². The fourth-order valence-corrected chi connectivity index (χ4v) is 6.23. The number of rotatable bonds is 41. The Hall–Kier alpha value is -4.01. The average molecular weight is 862 g/mol. The molecule has 350 valence electrons. The molecule has 0 aromatic carbocycles. The molecule has 0 saturated heterocycles. The van der Waals surface area contributed by atoms with E-state index in [1.807, 2.05) is 0 Å². The summed E-state index contributed by atoms with van der Waals surface area (Å²) >= 11 is 0. The van der Waals surface area contributed by atoms with E-state index in [1.165, 1.54) is 32.1 Å². The summed E-state index contributed by atoms with van der Waals surface area (Å²) in [5.41, 5.74) is 0. The first-order valence-electron chi connectivity index (χ1n) is 23.9. The molecule has 0 fully saturated rings. The highest BCUT2D eigenvalue weighted by atomic mass is 16.6. The van der Waals surface area contributed by atoms with Crippen LogP contribution in [0.4, 0.5) is 0 Å². The third-order valence-corrected chi connectivity index (χ3v) is 9.92. The predicted octanol–water partition coefficient (Wildman–Crippen LogP) is 12.3. The largest absolute Gasteiger partial charge is 0.544 e. The van der Waals surface area contributed by atoms with Gasteiger partial charge in [-0.05, 0) is 89.9 Å². The first-order chi connectivity index (χ1) is 30.1. The number of esters is 2. The lowest BCUT2D eigenvalue weighted by molar-refractivity contribution is -0.889. The minimum atomic E-state index is -1.14. The fourth-order valence-electron chi connectivity index (χ4n) is 6.23. The molecule has 0 aliphatic rings. The summed E-state index contributed by atoms with van der Waals surface area (Å²) in [5, 5.41) is 11.6. The average Bonchev–Trinajstić information content (AvgIpc) is 3.23. The Morgan fingerprint density at radius 3 is 1.47 bits per heavy atom. The fraction of sp³-hybridized carbons (Fsp3) is 0.611. The molecular weight excluding hydrogens is 775 g/mol. The minimum Gasteiger partial charge on any atom is -0.544 e. The number of aliphatic carboxylic acids is 1. The van der Waals surface area contributed by atoms with E-state index in [9.17, 15) is 19.5 Å². The molecule has 0 aliphatic carbocycles. The molecule has 8 nitrogen and oxygen atoms in total. The molecule has 0 spiro atoms. The number of carboxylic acid groups (broad SMARTS) is 1. The lowest BCUT2D eigenvalue weighted by Crippen LogP contribution is -2.55. The smallest absolute Gasteiger partial charge is 0.306 e. The molecule has 0 N–H and O–H groups in total. The van der Waals surface area contributed by atoms with Gasteiger partial charge in [0.05, 0.1) is 40.3 Å². The zero-order chi connectivity index (χ0) is 45.6. The Balaban J connectivity index is 4.43. The third-order valence-electron chi connectivity index (χ3n) is 9.92. The number of carbonyl (C=O) groups excluding carboxylic acids is 3. The quantitative estimate of drug-likeness (QED) is 0.0198. The van der Waals surface area contributed by atoms with Crippen molar-refractivity contribution in [2.24, 2.45) is 0 Å². The molecule has 2 unspecified atom stereocenters. The van der Waals surface area contributed by atoms with Crippen molar-refractivity contribution in [3.63, 3.8) is 0 Å². The molecule has 0 bridgehead atoms. The lowest BCUT2D eigenvalue weighted by Gasteiger charge is -2.34. The molecule has 0 radical (unpaired) electrons. The number of hydrogen-bond acceptors (Lipinski definition) is 7. The highest BCUT2D eigenvalue weighted by Crippen LogP contribution is 2.12. The van der Waals surface area contributed by atoms with E-state index < -0.39 is 18.1 Å². The van der Waals surface area contributed by atoms with Crippen LogP contribution in [0.15, 0.2) is 109 Å². The molecule has 0 saturated carbocycles. The van der Waals surface area contributed by atoms with Crippen LogP contribution in [0.1, 0.15) is 162 Å². The minimum absolute atomic E-state index is 0.0103. The number of ether oxygens (including phenoxy) is 3. The molecular formula is C54H87NO7. The molecule has 0 aromatic heterocycles. The third kappa shape index (κ3) is 41.3. The van der Waals surface area contributed by atoms with Crippen LogP contribution in [-0.4, -0.2) is 75.5 Å². The first-order valence-corrected chi connectivity index (χ1v) is 23.9. The number of carbonyl (C=O) groups is 3. The Bertz CT molecular complexity index is 1370. The number of unbranched alkanes of at least 4 members (excludes halogenated alkanes) is 10. The van der Waals surface area contributed by atoms with E-state index in [0.29, 0.717) is 6.42 Å². The maximum Gasteiger partial charge on any atom is 0.306 e. The van der Waals surface area contributed by atoms with Crippen molar-refractivity contribution in [1.29, 1.82) is 0 Å². The van der Waals surface area contributed by atoms with Crippen LogP contribution in [0.5, 0.6) is 0 Å². The number of hydrogen-bond donors (Lipinski definition) is 0. The van der Waals surface area contributed by atoms with Crippen LogP contribution >= 0.6 is 0 Å². The Morgan fingerprint density at radius 1 is 0.516 bits per heavy atom. The summed E-state index contributed by atoms with van der Waals surface area (Å²) in [7, 11) is 5.38. The van der Waals surface area contributed by atoms with E-state index in [4.69, 9.17) is 14.2 Å². The Morgan fingerprint density at radius 2 is 0.968 bits per heavy atom. The van der Waals surface area contributed by atoms with Crippen molar-refractivity contribution in [1.82, 2.24) is 0 Å². The predicted molar refractivity (Wildman–Crippen MR) is 258 cm³/mol. The van der Waals surface area contributed by atoms with Crippen LogP contribution in [0.25, 0.3) is 0 Å². The van der Waals surface area contributed by atoms with Crippen LogP contribution < -0.4 is 5.11 Å². The van der Waals surface area contributed by atoms with Crippen molar-refractivity contribution in [3.8, 4) is 0 Å². The molecule has 0 rings (SSSR count). The van der Waals surface area contributed by atoms with E-state index in [-0.39, 0.29) is 55.5 Å². The first kappa shape index (κ1) is 58.0. The van der Waals surface area contributed by atoms with Gasteiger partial charge in [-0.2, -0.15) is 0 Å². The van der Waals surface area contributed by atoms with Gasteiger partial charge in [0.25, 0.3) is 0 Å². The molecule has 0 amide bonds. The van der Waals surface area contributed by atoms with Gasteiger partial charge in [-0.1, -0.05) is 162 Å². The van der Waals surface area contributed by atoms with Crippen molar-refractivity contribution in [2.75, 3.05) is 41.0 Å². The molecule has 8 heteroatoms. The van der Waals surface area contributed by atoms with E-state index in [0.717, 1.165) is 89.9 Å². The second-order valence-corrected chi connectivity index (χ2v) is 16.6. The summed E-state index contributed by atoms with van der Waals surface area (Å²) in [6.07, 6.45) is 59.8. The van der Waals surface area contributed by atoms with Gasteiger partial charge in [0.1, 0.15) is 12.6 Å². The van der Waals surface area contributed by atoms with Crippen LogP contribution in [0, 0.1) is 0 Å². The monoisotopic (exact) mass is 862 g/mol. The van der Waals surface area contributed by atoms with Gasteiger partial charge in [0, 0.05) is 19.3 Å². The van der Waals surface area contributed by atoms with Crippen LogP contribution in [0.2, 0.25) is 0 Å².